The first-order valence-electron chi connectivity index (χ1n) is 7.82. The summed E-state index contributed by atoms with van der Waals surface area (Å²) < 4.78 is 7.33. The first-order valence-corrected chi connectivity index (χ1v) is 7.82. The topological polar surface area (TPSA) is 76.0 Å². The molecule has 3 aromatic rings. The average Bonchev–Trinajstić information content (AvgIpc) is 2.91. The number of nitrogens with zero attached hydrogens (tertiary/aromatic N) is 4. The van der Waals surface area contributed by atoms with Crippen molar-refractivity contribution in [3.63, 3.8) is 0 Å². The molecular formula is C17H21N5O2. The minimum absolute atomic E-state index is 0.160. The molecule has 0 bridgehead atoms. The molecule has 3 rings (SSSR count). The van der Waals surface area contributed by atoms with Crippen LogP contribution in [-0.2, 0) is 13.6 Å². The largest absolute Gasteiger partial charge is 0.492 e. The number of aromatic nitrogens is 4. The summed E-state index contributed by atoms with van der Waals surface area (Å²) in [5, 5.41) is 4.57. The Bertz CT molecular complexity index is 882. The molecule has 24 heavy (non-hydrogen) atoms. The van der Waals surface area contributed by atoms with Crippen molar-refractivity contribution < 1.29 is 4.74 Å². The molecule has 0 fully saturated rings. The Morgan fingerprint density at radius 3 is 2.79 bits per heavy atom. The summed E-state index contributed by atoms with van der Waals surface area (Å²) in [6.45, 7) is 3.87. The molecular weight excluding hydrogens is 306 g/mol. The summed E-state index contributed by atoms with van der Waals surface area (Å²) in [5.41, 5.74) is 1.64. The van der Waals surface area contributed by atoms with Gasteiger partial charge in [0.2, 0.25) is 0 Å². The van der Waals surface area contributed by atoms with Gasteiger partial charge < -0.3 is 9.72 Å². The number of ether oxygens (including phenoxy) is 1. The Morgan fingerprint density at radius 1 is 1.29 bits per heavy atom. The Labute approximate surface area is 139 Å². The molecule has 0 radical (unpaired) electrons. The number of aryl methyl sites for hydroxylation is 2. The normalized spacial score (nSPS) is 11.3. The lowest BCUT2D eigenvalue weighted by molar-refractivity contribution is 0.229. The molecule has 2 aromatic heterocycles. The van der Waals surface area contributed by atoms with E-state index in [2.05, 4.69) is 20.0 Å². The van der Waals surface area contributed by atoms with Gasteiger partial charge in [-0.05, 0) is 26.1 Å². The van der Waals surface area contributed by atoms with Crippen LogP contribution >= 0.6 is 0 Å². The maximum Gasteiger partial charge on any atom is 0.262 e. The van der Waals surface area contributed by atoms with Crippen LogP contribution in [0, 0.1) is 6.92 Å². The van der Waals surface area contributed by atoms with Crippen molar-refractivity contribution in [2.75, 3.05) is 20.2 Å². The summed E-state index contributed by atoms with van der Waals surface area (Å²) in [5.74, 6) is 1.48. The van der Waals surface area contributed by atoms with Gasteiger partial charge in [0.25, 0.3) is 5.56 Å². The van der Waals surface area contributed by atoms with Gasteiger partial charge in [0.05, 0.1) is 12.7 Å². The highest BCUT2D eigenvalue weighted by Gasteiger charge is 2.09. The van der Waals surface area contributed by atoms with Gasteiger partial charge in [-0.2, -0.15) is 5.10 Å². The van der Waals surface area contributed by atoms with E-state index in [1.165, 1.54) is 11.8 Å². The molecule has 0 saturated heterocycles. The zero-order valence-corrected chi connectivity index (χ0v) is 14.1. The Hall–Kier alpha value is -2.67. The third kappa shape index (κ3) is 3.62. The Morgan fingerprint density at radius 2 is 2.04 bits per heavy atom. The van der Waals surface area contributed by atoms with Crippen molar-refractivity contribution in [1.82, 2.24) is 24.6 Å². The van der Waals surface area contributed by atoms with Gasteiger partial charge in [0.15, 0.2) is 5.65 Å². The van der Waals surface area contributed by atoms with Gasteiger partial charge in [-0.15, -0.1) is 0 Å². The summed E-state index contributed by atoms with van der Waals surface area (Å²) in [7, 11) is 3.74. The highest BCUT2D eigenvalue weighted by Crippen LogP contribution is 2.11. The minimum atomic E-state index is -0.160. The van der Waals surface area contributed by atoms with E-state index in [-0.39, 0.29) is 5.56 Å². The van der Waals surface area contributed by atoms with E-state index < -0.39 is 0 Å². The van der Waals surface area contributed by atoms with Crippen LogP contribution in [-0.4, -0.2) is 44.8 Å². The number of likely N-dealkylation sites (N-methyl/N-ethyl adjacent to an activating group) is 1. The molecule has 2 heterocycles. The molecule has 0 amide bonds. The molecule has 1 N–H and O–H groups in total. The van der Waals surface area contributed by atoms with Gasteiger partial charge >= 0.3 is 0 Å². The molecule has 7 nitrogen and oxygen atoms in total. The van der Waals surface area contributed by atoms with E-state index in [1.807, 2.05) is 38.2 Å². The van der Waals surface area contributed by atoms with E-state index >= 15 is 0 Å². The molecule has 0 spiro atoms. The zero-order chi connectivity index (χ0) is 17.1. The van der Waals surface area contributed by atoms with Crippen LogP contribution in [0.3, 0.4) is 0 Å². The molecule has 1 aromatic carbocycles. The second kappa shape index (κ2) is 6.84. The summed E-state index contributed by atoms with van der Waals surface area (Å²) in [6.07, 6.45) is 1.53. The van der Waals surface area contributed by atoms with E-state index in [9.17, 15) is 4.79 Å². The van der Waals surface area contributed by atoms with Crippen LogP contribution in [0.5, 0.6) is 5.75 Å². The number of aromatic amines is 1. The molecule has 0 aliphatic carbocycles. The molecule has 0 saturated carbocycles. The molecule has 0 unspecified atom stereocenters. The van der Waals surface area contributed by atoms with Crippen molar-refractivity contribution in [3.05, 3.63) is 52.2 Å². The lowest BCUT2D eigenvalue weighted by Crippen LogP contribution is -2.26. The van der Waals surface area contributed by atoms with Gasteiger partial charge in [-0.25, -0.2) is 4.98 Å². The van der Waals surface area contributed by atoms with Crippen molar-refractivity contribution in [2.24, 2.45) is 7.05 Å². The number of nitrogens with one attached hydrogen (secondary N) is 1. The van der Waals surface area contributed by atoms with Crippen LogP contribution in [0.1, 0.15) is 11.4 Å². The van der Waals surface area contributed by atoms with E-state index in [1.54, 1.807) is 11.7 Å². The molecule has 0 aliphatic rings. The number of H-pyrrole nitrogens is 1. The highest BCUT2D eigenvalue weighted by molar-refractivity contribution is 5.72. The standard InChI is InChI=1S/C17H21N5O2/c1-12-4-6-13(7-5-12)24-9-8-21(2)11-15-19-16-14(17(23)20-15)10-18-22(16)3/h4-7,10H,8-9,11H2,1-3H3,(H,19,20,23). The SMILES string of the molecule is Cc1ccc(OCCN(C)Cc2nc3c(cnn3C)c(=O)[nH]2)cc1. The molecule has 0 atom stereocenters. The lowest BCUT2D eigenvalue weighted by atomic mass is 10.2. The number of hydrogen-bond acceptors (Lipinski definition) is 5. The maximum absolute atomic E-state index is 12.0. The van der Waals surface area contributed by atoms with Crippen molar-refractivity contribution in [1.29, 1.82) is 0 Å². The minimum Gasteiger partial charge on any atom is -0.492 e. The van der Waals surface area contributed by atoms with Crippen LogP contribution < -0.4 is 10.3 Å². The van der Waals surface area contributed by atoms with Crippen LogP contribution in [0.2, 0.25) is 0 Å². The first-order chi connectivity index (χ1) is 11.5. The molecule has 126 valence electrons. The molecule has 0 aliphatic heterocycles. The number of rotatable bonds is 6. The van der Waals surface area contributed by atoms with Crippen LogP contribution in [0.25, 0.3) is 11.0 Å². The first kappa shape index (κ1) is 16.2. The van der Waals surface area contributed by atoms with E-state index in [0.29, 0.717) is 30.0 Å². The van der Waals surface area contributed by atoms with Gasteiger partial charge in [-0.3, -0.25) is 14.4 Å². The van der Waals surface area contributed by atoms with Crippen molar-refractivity contribution in [3.8, 4) is 5.75 Å². The van der Waals surface area contributed by atoms with Crippen molar-refractivity contribution >= 4 is 11.0 Å². The summed E-state index contributed by atoms with van der Waals surface area (Å²) in [4.78, 5) is 21.4. The van der Waals surface area contributed by atoms with E-state index in [0.717, 1.165) is 12.3 Å². The fraction of sp³-hybridized carbons (Fsp3) is 0.353. The predicted octanol–water partition coefficient (Wildman–Crippen LogP) is 1.48. The third-order valence-electron chi connectivity index (χ3n) is 3.83. The van der Waals surface area contributed by atoms with Gasteiger partial charge in [0, 0.05) is 13.6 Å². The number of fused-ring (bicyclic) bond motifs is 1. The van der Waals surface area contributed by atoms with Crippen LogP contribution in [0.15, 0.2) is 35.3 Å². The zero-order valence-electron chi connectivity index (χ0n) is 14.1. The summed E-state index contributed by atoms with van der Waals surface area (Å²) in [6, 6.07) is 7.98. The average molecular weight is 327 g/mol. The Balaban J connectivity index is 1.58. The third-order valence-corrected chi connectivity index (χ3v) is 3.83. The molecule has 7 heteroatoms. The number of hydrogen-bond donors (Lipinski definition) is 1. The Kier molecular flexibility index (Phi) is 4.61. The smallest absolute Gasteiger partial charge is 0.262 e. The van der Waals surface area contributed by atoms with Crippen LogP contribution in [0.4, 0.5) is 0 Å². The predicted molar refractivity (Wildman–Crippen MR) is 92.1 cm³/mol. The second-order valence-electron chi connectivity index (χ2n) is 5.92. The summed E-state index contributed by atoms with van der Waals surface area (Å²) >= 11 is 0. The van der Waals surface area contributed by atoms with Gasteiger partial charge in [-0.1, -0.05) is 17.7 Å². The van der Waals surface area contributed by atoms with E-state index in [4.69, 9.17) is 4.74 Å². The van der Waals surface area contributed by atoms with Gasteiger partial charge in [0.1, 0.15) is 23.6 Å². The number of benzene rings is 1. The fourth-order valence-corrected chi connectivity index (χ4v) is 2.44. The monoisotopic (exact) mass is 327 g/mol. The maximum atomic E-state index is 12.0. The lowest BCUT2D eigenvalue weighted by Gasteiger charge is -2.16. The quantitative estimate of drug-likeness (QED) is 0.742. The van der Waals surface area contributed by atoms with Crippen molar-refractivity contribution in [2.45, 2.75) is 13.5 Å². The second-order valence-corrected chi connectivity index (χ2v) is 5.92. The highest BCUT2D eigenvalue weighted by atomic mass is 16.5. The fourth-order valence-electron chi connectivity index (χ4n) is 2.44.